The van der Waals surface area contributed by atoms with Crippen LogP contribution in [0.15, 0.2) is 42.5 Å². The number of nitrogens with one attached hydrogen (secondary N) is 1. The summed E-state index contributed by atoms with van der Waals surface area (Å²) in [6, 6.07) is 13.3. The van der Waals surface area contributed by atoms with E-state index in [0.29, 0.717) is 42.7 Å². The van der Waals surface area contributed by atoms with Crippen molar-refractivity contribution in [3.05, 3.63) is 63.6 Å². The first-order valence-electron chi connectivity index (χ1n) is 9.72. The molecule has 0 aromatic heterocycles. The van der Waals surface area contributed by atoms with E-state index >= 15 is 0 Å². The first-order chi connectivity index (χ1) is 13.5. The highest BCUT2D eigenvalue weighted by Gasteiger charge is 2.14. The molecule has 0 spiro atoms. The van der Waals surface area contributed by atoms with Gasteiger partial charge in [0, 0.05) is 29.7 Å². The van der Waals surface area contributed by atoms with E-state index in [0.717, 1.165) is 29.7 Å². The highest BCUT2D eigenvalue weighted by atomic mass is 35.5. The number of nitrogens with zero attached hydrogens (tertiary/aromatic N) is 1. The smallest absolute Gasteiger partial charge is 0.317 e. The molecule has 0 fully saturated rings. The molecule has 2 aromatic rings. The number of hydrogen-bond donors (Lipinski definition) is 1. The van der Waals surface area contributed by atoms with Gasteiger partial charge in [0.05, 0.1) is 6.61 Å². The lowest BCUT2D eigenvalue weighted by molar-refractivity contribution is 0.195. The Kier molecular flexibility index (Phi) is 9.45. The van der Waals surface area contributed by atoms with Gasteiger partial charge in [0.1, 0.15) is 5.75 Å². The van der Waals surface area contributed by atoms with Gasteiger partial charge in [-0.2, -0.15) is 0 Å². The fourth-order valence-corrected chi connectivity index (χ4v) is 3.30. The zero-order valence-electron chi connectivity index (χ0n) is 16.5. The minimum atomic E-state index is -0.0626. The Balaban J connectivity index is 2.05. The third-order valence-corrected chi connectivity index (χ3v) is 4.95. The number of benzene rings is 2. The molecule has 0 radical (unpaired) electrons. The molecule has 28 heavy (non-hydrogen) atoms. The molecule has 0 atom stereocenters. The van der Waals surface area contributed by atoms with Gasteiger partial charge in [-0.3, -0.25) is 0 Å². The summed E-state index contributed by atoms with van der Waals surface area (Å²) in [5.41, 5.74) is 2.03. The Morgan fingerprint density at radius 3 is 2.50 bits per heavy atom. The van der Waals surface area contributed by atoms with Gasteiger partial charge in [0.25, 0.3) is 0 Å². The van der Waals surface area contributed by atoms with Crippen molar-refractivity contribution in [3.63, 3.8) is 0 Å². The second kappa shape index (κ2) is 11.8. The number of ether oxygens (including phenoxy) is 1. The van der Waals surface area contributed by atoms with Crippen LogP contribution >= 0.6 is 23.2 Å². The summed E-state index contributed by atoms with van der Waals surface area (Å²) in [5, 5.41) is 4.24. The maximum Gasteiger partial charge on any atom is 0.317 e. The molecule has 0 saturated carbocycles. The minimum Gasteiger partial charge on any atom is -0.494 e. The molecule has 0 aliphatic heterocycles. The molecule has 6 heteroatoms. The first kappa shape index (κ1) is 22.4. The number of amides is 2. The number of rotatable bonds is 10. The standard InChI is InChI=1S/C22H28Cl2N2O2/c1-3-5-13-25-22(27)26(14-12-18-8-9-19(23)15-21(18)24)16-17-6-10-20(11-7-17)28-4-2/h6-11,15H,3-5,12-14,16H2,1-2H3,(H,25,27). The van der Waals surface area contributed by atoms with Crippen molar-refractivity contribution in [2.75, 3.05) is 19.7 Å². The van der Waals surface area contributed by atoms with Gasteiger partial charge in [-0.1, -0.05) is 54.7 Å². The van der Waals surface area contributed by atoms with E-state index < -0.39 is 0 Å². The number of halogens is 2. The van der Waals surface area contributed by atoms with Crippen molar-refractivity contribution in [3.8, 4) is 5.75 Å². The molecule has 1 N–H and O–H groups in total. The summed E-state index contributed by atoms with van der Waals surface area (Å²) in [6.07, 6.45) is 2.67. The molecule has 4 nitrogen and oxygen atoms in total. The Hall–Kier alpha value is -1.91. The van der Waals surface area contributed by atoms with Crippen LogP contribution in [0.4, 0.5) is 4.79 Å². The van der Waals surface area contributed by atoms with Gasteiger partial charge in [0.2, 0.25) is 0 Å². The number of urea groups is 1. The first-order valence-corrected chi connectivity index (χ1v) is 10.5. The van der Waals surface area contributed by atoms with Crippen LogP contribution in [-0.2, 0) is 13.0 Å². The number of carbonyl (C=O) groups is 1. The van der Waals surface area contributed by atoms with Crippen LogP contribution in [0.5, 0.6) is 5.75 Å². The molecule has 0 bridgehead atoms. The van der Waals surface area contributed by atoms with Crippen LogP contribution in [0, 0.1) is 0 Å². The van der Waals surface area contributed by atoms with Gasteiger partial charge in [0.15, 0.2) is 0 Å². The Labute approximate surface area is 177 Å². The predicted octanol–water partition coefficient (Wildman–Crippen LogP) is 5.95. The third-order valence-electron chi connectivity index (χ3n) is 4.37. The quantitative estimate of drug-likeness (QED) is 0.480. The molecule has 0 aliphatic rings. The van der Waals surface area contributed by atoms with Crippen molar-refractivity contribution in [1.29, 1.82) is 0 Å². The van der Waals surface area contributed by atoms with Gasteiger partial charge in [-0.15, -0.1) is 0 Å². The van der Waals surface area contributed by atoms with Crippen LogP contribution in [0.1, 0.15) is 37.8 Å². The summed E-state index contributed by atoms with van der Waals surface area (Å²) in [4.78, 5) is 14.5. The highest BCUT2D eigenvalue weighted by molar-refractivity contribution is 6.35. The lowest BCUT2D eigenvalue weighted by Gasteiger charge is -2.24. The molecule has 0 saturated heterocycles. The average molecular weight is 423 g/mol. The van der Waals surface area contributed by atoms with Gasteiger partial charge in [-0.25, -0.2) is 4.79 Å². The maximum absolute atomic E-state index is 12.7. The molecule has 0 aliphatic carbocycles. The SMILES string of the molecule is CCCCNC(=O)N(CCc1ccc(Cl)cc1Cl)Cc1ccc(OCC)cc1. The lowest BCUT2D eigenvalue weighted by Crippen LogP contribution is -2.41. The molecule has 0 heterocycles. The van der Waals surface area contributed by atoms with Crippen LogP contribution in [-0.4, -0.2) is 30.6 Å². The molecule has 2 rings (SSSR count). The second-order valence-corrected chi connectivity index (χ2v) is 7.41. The zero-order chi connectivity index (χ0) is 20.4. The van der Waals surface area contributed by atoms with Gasteiger partial charge < -0.3 is 15.0 Å². The normalized spacial score (nSPS) is 10.6. The topological polar surface area (TPSA) is 41.6 Å². The molecule has 152 valence electrons. The maximum atomic E-state index is 12.7. The van der Waals surface area contributed by atoms with Crippen LogP contribution < -0.4 is 10.1 Å². The molecular formula is C22H28Cl2N2O2. The Bertz CT molecular complexity index is 751. The van der Waals surface area contributed by atoms with Crippen LogP contribution in [0.25, 0.3) is 0 Å². The van der Waals surface area contributed by atoms with Gasteiger partial charge >= 0.3 is 6.03 Å². The van der Waals surface area contributed by atoms with E-state index in [9.17, 15) is 4.79 Å². The monoisotopic (exact) mass is 422 g/mol. The van der Waals surface area contributed by atoms with E-state index in [1.807, 2.05) is 48.2 Å². The Morgan fingerprint density at radius 1 is 1.11 bits per heavy atom. The van der Waals surface area contributed by atoms with E-state index in [4.69, 9.17) is 27.9 Å². The lowest BCUT2D eigenvalue weighted by atomic mass is 10.1. The van der Waals surface area contributed by atoms with E-state index in [1.165, 1.54) is 0 Å². The fourth-order valence-electron chi connectivity index (χ4n) is 2.79. The molecule has 0 unspecified atom stereocenters. The number of carbonyl (C=O) groups excluding carboxylic acids is 1. The zero-order valence-corrected chi connectivity index (χ0v) is 18.0. The van der Waals surface area contributed by atoms with Crippen molar-refractivity contribution in [2.45, 2.75) is 39.7 Å². The summed E-state index contributed by atoms with van der Waals surface area (Å²) < 4.78 is 5.49. The van der Waals surface area contributed by atoms with Crippen molar-refractivity contribution in [2.24, 2.45) is 0 Å². The number of unbranched alkanes of at least 4 members (excludes halogenated alkanes) is 1. The van der Waals surface area contributed by atoms with Crippen molar-refractivity contribution >= 4 is 29.2 Å². The second-order valence-electron chi connectivity index (χ2n) is 6.57. The Morgan fingerprint density at radius 2 is 1.86 bits per heavy atom. The molecular weight excluding hydrogens is 395 g/mol. The summed E-state index contributed by atoms with van der Waals surface area (Å²) >= 11 is 12.3. The molecule has 2 amide bonds. The van der Waals surface area contributed by atoms with E-state index in [1.54, 1.807) is 6.07 Å². The van der Waals surface area contributed by atoms with E-state index in [-0.39, 0.29) is 6.03 Å². The van der Waals surface area contributed by atoms with E-state index in [2.05, 4.69) is 12.2 Å². The largest absolute Gasteiger partial charge is 0.494 e. The minimum absolute atomic E-state index is 0.0626. The summed E-state index contributed by atoms with van der Waals surface area (Å²) in [6.45, 7) is 6.45. The van der Waals surface area contributed by atoms with Crippen LogP contribution in [0.2, 0.25) is 10.0 Å². The van der Waals surface area contributed by atoms with Crippen LogP contribution in [0.3, 0.4) is 0 Å². The van der Waals surface area contributed by atoms with Crippen molar-refractivity contribution in [1.82, 2.24) is 10.2 Å². The average Bonchev–Trinajstić information content (AvgIpc) is 2.68. The fraction of sp³-hybridized carbons (Fsp3) is 0.409. The molecule has 2 aromatic carbocycles. The number of hydrogen-bond acceptors (Lipinski definition) is 2. The third kappa shape index (κ3) is 7.25. The van der Waals surface area contributed by atoms with Gasteiger partial charge in [-0.05, 0) is 55.2 Å². The highest BCUT2D eigenvalue weighted by Crippen LogP contribution is 2.22. The predicted molar refractivity (Wildman–Crippen MR) is 116 cm³/mol. The summed E-state index contributed by atoms with van der Waals surface area (Å²) in [5.74, 6) is 0.832. The van der Waals surface area contributed by atoms with Crippen molar-refractivity contribution < 1.29 is 9.53 Å². The summed E-state index contributed by atoms with van der Waals surface area (Å²) in [7, 11) is 0.